The highest BCUT2D eigenvalue weighted by Gasteiger charge is 2.62. The maximum Gasteiger partial charge on any atom is 0.406 e. The van der Waals surface area contributed by atoms with E-state index in [0.717, 1.165) is 4.47 Å². The van der Waals surface area contributed by atoms with Gasteiger partial charge in [-0.1, -0.05) is 33.6 Å². The molecule has 0 bridgehead atoms. The maximum absolute atomic E-state index is 12.7. The first-order chi connectivity index (χ1) is 7.84. The summed E-state index contributed by atoms with van der Waals surface area (Å²) in [7, 11) is 0. The molecule has 6 heteroatoms. The largest absolute Gasteiger partial charge is 0.406 e. The Kier molecular flexibility index (Phi) is 3.45. The van der Waals surface area contributed by atoms with Gasteiger partial charge >= 0.3 is 6.18 Å². The molecule has 0 saturated heterocycles. The smallest absolute Gasteiger partial charge is 0.299 e. The topological polar surface area (TPSA) is 12.0 Å². The van der Waals surface area contributed by atoms with Gasteiger partial charge in [-0.05, 0) is 30.5 Å². The molecule has 0 radical (unpaired) electrons. The van der Waals surface area contributed by atoms with Crippen LogP contribution in [-0.4, -0.2) is 11.7 Å². The lowest BCUT2D eigenvalue weighted by Crippen LogP contribution is -2.44. The Morgan fingerprint density at radius 2 is 2.00 bits per heavy atom. The number of hydrogen-bond donors (Lipinski definition) is 1. The molecular formula is C11H10BrClF3N. The Morgan fingerprint density at radius 1 is 1.35 bits per heavy atom. The summed E-state index contributed by atoms with van der Waals surface area (Å²) >= 11 is 9.19. The molecule has 1 fully saturated rings. The normalized spacial score (nSPS) is 18.2. The van der Waals surface area contributed by atoms with E-state index in [0.29, 0.717) is 10.6 Å². The fourth-order valence-electron chi connectivity index (χ4n) is 1.61. The van der Waals surface area contributed by atoms with Gasteiger partial charge in [0.15, 0.2) is 0 Å². The molecule has 0 atom stereocenters. The van der Waals surface area contributed by atoms with E-state index in [2.05, 4.69) is 21.2 Å². The SMILES string of the molecule is FC(F)(F)C1(NCc2ccc(Br)cc2Cl)CC1. The molecule has 1 aliphatic carbocycles. The molecular weight excluding hydrogens is 318 g/mol. The van der Waals surface area contributed by atoms with Crippen LogP contribution in [0.25, 0.3) is 0 Å². The van der Waals surface area contributed by atoms with Crippen LogP contribution >= 0.6 is 27.5 Å². The van der Waals surface area contributed by atoms with Gasteiger partial charge in [0.25, 0.3) is 0 Å². The average molecular weight is 329 g/mol. The van der Waals surface area contributed by atoms with E-state index in [1.54, 1.807) is 18.2 Å². The summed E-state index contributed by atoms with van der Waals surface area (Å²) in [6.45, 7) is 0.131. The van der Waals surface area contributed by atoms with E-state index < -0.39 is 11.7 Å². The van der Waals surface area contributed by atoms with E-state index in [-0.39, 0.29) is 19.4 Å². The van der Waals surface area contributed by atoms with Crippen LogP contribution in [-0.2, 0) is 6.54 Å². The van der Waals surface area contributed by atoms with Crippen LogP contribution < -0.4 is 5.32 Å². The van der Waals surface area contributed by atoms with Crippen molar-refractivity contribution < 1.29 is 13.2 Å². The number of hydrogen-bond acceptors (Lipinski definition) is 1. The third-order valence-corrected chi connectivity index (χ3v) is 3.77. The lowest BCUT2D eigenvalue weighted by molar-refractivity contribution is -0.166. The molecule has 0 aromatic heterocycles. The fourth-order valence-corrected chi connectivity index (χ4v) is 2.36. The van der Waals surface area contributed by atoms with Gasteiger partial charge < -0.3 is 0 Å². The Bertz CT molecular complexity index is 429. The van der Waals surface area contributed by atoms with E-state index in [9.17, 15) is 13.2 Å². The molecule has 0 heterocycles. The van der Waals surface area contributed by atoms with Crippen molar-refractivity contribution in [2.75, 3.05) is 0 Å². The number of halogens is 5. The standard InChI is InChI=1S/C11H10BrClF3N/c12-8-2-1-7(9(13)5-8)6-17-10(3-4-10)11(14,15)16/h1-2,5,17H,3-4,6H2. The van der Waals surface area contributed by atoms with Crippen molar-refractivity contribution in [3.8, 4) is 0 Å². The van der Waals surface area contributed by atoms with Gasteiger partial charge in [-0.15, -0.1) is 0 Å². The van der Waals surface area contributed by atoms with E-state index in [1.165, 1.54) is 0 Å². The lowest BCUT2D eigenvalue weighted by atomic mass is 10.2. The number of nitrogens with one attached hydrogen (secondary N) is 1. The Hall–Kier alpha value is -0.260. The Labute approximate surface area is 110 Å². The molecule has 1 N–H and O–H groups in total. The van der Waals surface area contributed by atoms with Crippen molar-refractivity contribution in [3.63, 3.8) is 0 Å². The highest BCUT2D eigenvalue weighted by Crippen LogP contribution is 2.49. The minimum atomic E-state index is -4.19. The van der Waals surface area contributed by atoms with Crippen LogP contribution in [0.2, 0.25) is 5.02 Å². The summed E-state index contributed by atoms with van der Waals surface area (Å²) in [4.78, 5) is 0. The van der Waals surface area contributed by atoms with Crippen molar-refractivity contribution in [2.45, 2.75) is 31.1 Å². The van der Waals surface area contributed by atoms with E-state index in [1.807, 2.05) is 0 Å². The molecule has 0 amide bonds. The quantitative estimate of drug-likeness (QED) is 0.873. The Balaban J connectivity index is 2.04. The summed E-state index contributed by atoms with van der Waals surface area (Å²) in [6.07, 6.45) is -3.90. The number of benzene rings is 1. The van der Waals surface area contributed by atoms with Crippen molar-refractivity contribution >= 4 is 27.5 Å². The molecule has 0 unspecified atom stereocenters. The monoisotopic (exact) mass is 327 g/mol. The molecule has 1 aliphatic rings. The van der Waals surface area contributed by atoms with Crippen LogP contribution in [0.4, 0.5) is 13.2 Å². The third-order valence-electron chi connectivity index (χ3n) is 2.92. The molecule has 0 aliphatic heterocycles. The number of alkyl halides is 3. The minimum Gasteiger partial charge on any atom is -0.299 e. The molecule has 1 saturated carbocycles. The minimum absolute atomic E-state index is 0.131. The van der Waals surface area contributed by atoms with Gasteiger partial charge in [-0.25, -0.2) is 0 Å². The van der Waals surface area contributed by atoms with Crippen LogP contribution in [0.1, 0.15) is 18.4 Å². The molecule has 1 aromatic carbocycles. The zero-order valence-corrected chi connectivity index (χ0v) is 11.1. The summed E-state index contributed by atoms with van der Waals surface area (Å²) < 4.78 is 38.8. The van der Waals surface area contributed by atoms with Crippen molar-refractivity contribution in [1.82, 2.24) is 5.32 Å². The zero-order valence-electron chi connectivity index (χ0n) is 8.74. The third kappa shape index (κ3) is 2.77. The maximum atomic E-state index is 12.7. The van der Waals surface area contributed by atoms with Crippen molar-refractivity contribution in [3.05, 3.63) is 33.3 Å². The van der Waals surface area contributed by atoms with Gasteiger partial charge in [0.1, 0.15) is 5.54 Å². The average Bonchev–Trinajstić information content (AvgIpc) is 2.96. The van der Waals surface area contributed by atoms with Crippen LogP contribution in [0.3, 0.4) is 0 Å². The molecule has 2 rings (SSSR count). The van der Waals surface area contributed by atoms with Crippen molar-refractivity contribution in [2.24, 2.45) is 0 Å². The number of rotatable bonds is 3. The first-order valence-electron chi connectivity index (χ1n) is 5.10. The Morgan fingerprint density at radius 3 is 2.47 bits per heavy atom. The molecule has 94 valence electrons. The second-order valence-electron chi connectivity index (χ2n) is 4.17. The molecule has 1 nitrogen and oxygen atoms in total. The van der Waals surface area contributed by atoms with Gasteiger partial charge in [0, 0.05) is 16.0 Å². The summed E-state index contributed by atoms with van der Waals surface area (Å²) in [5.74, 6) is 0. The van der Waals surface area contributed by atoms with E-state index in [4.69, 9.17) is 11.6 Å². The summed E-state index contributed by atoms with van der Waals surface area (Å²) in [5.41, 5.74) is -1.02. The van der Waals surface area contributed by atoms with E-state index >= 15 is 0 Å². The van der Waals surface area contributed by atoms with Gasteiger partial charge in [0.05, 0.1) is 0 Å². The molecule has 0 spiro atoms. The highest BCUT2D eigenvalue weighted by atomic mass is 79.9. The summed E-state index contributed by atoms with van der Waals surface area (Å²) in [5, 5.41) is 3.02. The predicted molar refractivity (Wildman–Crippen MR) is 64.0 cm³/mol. The lowest BCUT2D eigenvalue weighted by Gasteiger charge is -2.21. The first kappa shape index (κ1) is 13.2. The van der Waals surface area contributed by atoms with Crippen LogP contribution in [0.5, 0.6) is 0 Å². The highest BCUT2D eigenvalue weighted by molar-refractivity contribution is 9.10. The molecule has 17 heavy (non-hydrogen) atoms. The fraction of sp³-hybridized carbons (Fsp3) is 0.455. The van der Waals surface area contributed by atoms with Gasteiger partial charge in [0.2, 0.25) is 0 Å². The van der Waals surface area contributed by atoms with Crippen LogP contribution in [0.15, 0.2) is 22.7 Å². The summed E-state index contributed by atoms with van der Waals surface area (Å²) in [6, 6.07) is 5.15. The first-order valence-corrected chi connectivity index (χ1v) is 6.27. The van der Waals surface area contributed by atoms with Crippen LogP contribution in [0, 0.1) is 0 Å². The van der Waals surface area contributed by atoms with Gasteiger partial charge in [-0.3, -0.25) is 5.32 Å². The molecule has 1 aromatic rings. The zero-order chi connectivity index (χ0) is 12.7. The second-order valence-corrected chi connectivity index (χ2v) is 5.49. The second kappa shape index (κ2) is 4.44. The van der Waals surface area contributed by atoms with Crippen molar-refractivity contribution in [1.29, 1.82) is 0 Å². The van der Waals surface area contributed by atoms with Gasteiger partial charge in [-0.2, -0.15) is 13.2 Å². The predicted octanol–water partition coefficient (Wildman–Crippen LogP) is 4.29.